The summed E-state index contributed by atoms with van der Waals surface area (Å²) in [5, 5.41) is 63.3. The number of hydrogen-bond donors (Lipinski definition) is 10. The van der Waals surface area contributed by atoms with Gasteiger partial charge in [0.1, 0.15) is 49.0 Å². The Morgan fingerprint density at radius 3 is 2.51 bits per heavy atom. The van der Waals surface area contributed by atoms with E-state index >= 15 is 0 Å². The first kappa shape index (κ1) is 32.9. The minimum absolute atomic E-state index is 0.134. The molecule has 1 aromatic rings. The number of nitrogen functional groups attached to an aromatic ring is 1. The summed E-state index contributed by atoms with van der Waals surface area (Å²) >= 11 is 0. The van der Waals surface area contributed by atoms with Gasteiger partial charge in [0.25, 0.3) is 5.79 Å². The van der Waals surface area contributed by atoms with Crippen molar-refractivity contribution in [2.24, 2.45) is 0 Å². The van der Waals surface area contributed by atoms with E-state index in [9.17, 15) is 59.4 Å². The monoisotopic (exact) mass is 614 g/mol. The fourth-order valence-electron chi connectivity index (χ4n) is 4.39. The van der Waals surface area contributed by atoms with Crippen LogP contribution in [0.15, 0.2) is 17.1 Å². The van der Waals surface area contributed by atoms with Gasteiger partial charge < -0.3 is 65.7 Å². The second-order valence-electron chi connectivity index (χ2n) is 9.34. The minimum atomic E-state index is -5.64. The van der Waals surface area contributed by atoms with E-state index in [4.69, 9.17) is 19.9 Å². The summed E-state index contributed by atoms with van der Waals surface area (Å²) < 4.78 is 32.9. The first-order chi connectivity index (χ1) is 19.0. The number of aliphatic hydroxyl groups is 6. The van der Waals surface area contributed by atoms with Crippen molar-refractivity contribution in [2.75, 3.05) is 18.9 Å². The summed E-state index contributed by atoms with van der Waals surface area (Å²) in [4.78, 5) is 59.4. The van der Waals surface area contributed by atoms with Crippen molar-refractivity contribution in [1.82, 2.24) is 14.9 Å². The molecule has 1 aromatic heterocycles. The first-order valence-electron chi connectivity index (χ1n) is 11.9. The number of nitrogens with two attached hydrogens (primary N) is 1. The van der Waals surface area contributed by atoms with Crippen molar-refractivity contribution in [3.05, 3.63) is 22.7 Å². The third-order valence-corrected chi connectivity index (χ3v) is 6.81. The van der Waals surface area contributed by atoms with Crippen LogP contribution in [-0.4, -0.2) is 130 Å². The quantitative estimate of drug-likeness (QED) is 0.0866. The summed E-state index contributed by atoms with van der Waals surface area (Å²) in [6.07, 6.45) is -14.6. The van der Waals surface area contributed by atoms with E-state index < -0.39 is 106 Å². The molecule has 0 aliphatic carbocycles. The van der Waals surface area contributed by atoms with Crippen molar-refractivity contribution in [1.29, 1.82) is 0 Å². The zero-order valence-electron chi connectivity index (χ0n) is 21.2. The lowest BCUT2D eigenvalue weighted by molar-refractivity contribution is -0.291. The number of esters is 1. The third kappa shape index (κ3) is 7.44. The van der Waals surface area contributed by atoms with Crippen LogP contribution in [0.2, 0.25) is 0 Å². The van der Waals surface area contributed by atoms with E-state index in [1.165, 1.54) is 6.07 Å². The molecule has 2 aliphatic rings. The highest BCUT2D eigenvalue weighted by Gasteiger charge is 2.59. The zero-order valence-corrected chi connectivity index (χ0v) is 22.1. The number of anilines is 1. The Kier molecular flexibility index (Phi) is 10.2. The molecule has 10 atom stereocenters. The molecule has 41 heavy (non-hydrogen) atoms. The Morgan fingerprint density at radius 1 is 1.29 bits per heavy atom. The number of carbonyl (C=O) groups excluding carboxylic acids is 2. The summed E-state index contributed by atoms with van der Waals surface area (Å²) in [7, 11) is -5.64. The van der Waals surface area contributed by atoms with Gasteiger partial charge in [-0.15, -0.1) is 0 Å². The summed E-state index contributed by atoms with van der Waals surface area (Å²) in [6.45, 7) is -0.976. The number of amides is 1. The van der Waals surface area contributed by atoms with Crippen molar-refractivity contribution in [2.45, 2.75) is 74.1 Å². The molecule has 3 heterocycles. The highest BCUT2D eigenvalue weighted by Crippen LogP contribution is 2.47. The van der Waals surface area contributed by atoms with Crippen LogP contribution in [0.3, 0.4) is 0 Å². The number of phosphoric ester groups is 1. The molecule has 0 spiro atoms. The topological polar surface area (TPSA) is 323 Å². The fraction of sp³-hybridized carbons (Fsp3) is 0.700. The van der Waals surface area contributed by atoms with Crippen LogP contribution in [0.1, 0.15) is 19.6 Å². The predicted octanol–water partition coefficient (Wildman–Crippen LogP) is -5.84. The van der Waals surface area contributed by atoms with E-state index in [0.717, 1.165) is 17.7 Å². The highest BCUT2D eigenvalue weighted by molar-refractivity contribution is 7.46. The van der Waals surface area contributed by atoms with Gasteiger partial charge in [0.05, 0.1) is 18.8 Å². The van der Waals surface area contributed by atoms with Gasteiger partial charge in [-0.3, -0.25) is 9.36 Å². The Hall–Kier alpha value is -2.59. The molecule has 1 amide bonds. The maximum Gasteiger partial charge on any atom is 0.472 e. The molecular formula is C20H31N4O16P. The van der Waals surface area contributed by atoms with Gasteiger partial charge in [-0.1, -0.05) is 0 Å². The second-order valence-corrected chi connectivity index (χ2v) is 10.5. The molecule has 3 rings (SSSR count). The van der Waals surface area contributed by atoms with E-state index in [1.54, 1.807) is 0 Å². The molecule has 0 radical (unpaired) electrons. The summed E-state index contributed by atoms with van der Waals surface area (Å²) in [5.41, 5.74) is 4.48. The largest absolute Gasteiger partial charge is 0.472 e. The average molecular weight is 614 g/mol. The minimum Gasteiger partial charge on any atom is -0.459 e. The van der Waals surface area contributed by atoms with Crippen LogP contribution in [0.25, 0.3) is 0 Å². The van der Waals surface area contributed by atoms with Gasteiger partial charge in [0, 0.05) is 19.5 Å². The van der Waals surface area contributed by atoms with Gasteiger partial charge in [-0.25, -0.2) is 18.7 Å². The van der Waals surface area contributed by atoms with Crippen molar-refractivity contribution < 1.29 is 73.3 Å². The molecule has 21 heteroatoms. The molecule has 0 saturated carbocycles. The number of phosphoric acid groups is 1. The number of nitrogens with one attached hydrogen (secondary N) is 1. The Balaban J connectivity index is 1.86. The number of aromatic nitrogens is 2. The number of hydrogen-bond acceptors (Lipinski definition) is 16. The molecule has 11 N–H and O–H groups in total. The summed E-state index contributed by atoms with van der Waals surface area (Å²) in [6, 6.07) is -0.369. The number of aliphatic hydroxyl groups excluding tert-OH is 6. The smallest absolute Gasteiger partial charge is 0.459 e. The van der Waals surface area contributed by atoms with Gasteiger partial charge >= 0.3 is 19.5 Å². The molecule has 2 saturated heterocycles. The van der Waals surface area contributed by atoms with E-state index in [2.05, 4.69) is 14.8 Å². The van der Waals surface area contributed by atoms with E-state index in [0.29, 0.717) is 0 Å². The lowest BCUT2D eigenvalue weighted by atomic mass is 9.88. The van der Waals surface area contributed by atoms with Crippen LogP contribution in [0.5, 0.6) is 0 Å². The van der Waals surface area contributed by atoms with Crippen molar-refractivity contribution in [3.8, 4) is 0 Å². The SMILES string of the molecule is CC(=O)N[C@H]1[C@H]([C@H](O)[C@H](O)CO)OC(OP(=O)(O)O)(C(=O)OC[C@H]2O[C@@H](n3ccc(N)nc3=O)[C@H](O)[C@@H]2O)C[C@@H]1O. The molecule has 1 unspecified atom stereocenters. The maximum absolute atomic E-state index is 13.2. The molecule has 232 valence electrons. The predicted molar refractivity (Wildman–Crippen MR) is 128 cm³/mol. The van der Waals surface area contributed by atoms with Crippen LogP contribution >= 0.6 is 7.82 Å². The van der Waals surface area contributed by atoms with E-state index in [1.807, 2.05) is 0 Å². The van der Waals surface area contributed by atoms with Gasteiger partial charge in [0.2, 0.25) is 5.91 Å². The van der Waals surface area contributed by atoms with Crippen molar-refractivity contribution in [3.63, 3.8) is 0 Å². The van der Waals surface area contributed by atoms with Crippen LogP contribution in [0, 0.1) is 0 Å². The summed E-state index contributed by atoms with van der Waals surface area (Å²) in [5.74, 6) is -5.80. The standard InChI is InChI=1S/C20H31N4O16P/c1-7(26)22-12-8(27)4-20(40-41(34,35)36,39-16(12)13(29)9(28)5-25)18(32)37-6-10-14(30)15(31)17(38-10)24-3-2-11(21)23-19(24)33/h2-3,8-10,12-17,25,27-31H,4-6H2,1H3,(H,22,26)(H2,21,23,33)(H2,34,35,36)/t8-,9+,10+,12+,13+,14+,15+,16+,17+,20?/m0/s1. The first-order valence-corrected chi connectivity index (χ1v) is 13.4. The second kappa shape index (κ2) is 12.7. The Labute approximate surface area is 230 Å². The molecule has 2 aliphatic heterocycles. The normalized spacial score (nSPS) is 33.6. The Morgan fingerprint density at radius 2 is 1.95 bits per heavy atom. The van der Waals surface area contributed by atoms with Gasteiger partial charge in [0.15, 0.2) is 6.23 Å². The third-order valence-electron chi connectivity index (χ3n) is 6.28. The highest BCUT2D eigenvalue weighted by atomic mass is 31.2. The van der Waals surface area contributed by atoms with Crippen molar-refractivity contribution >= 4 is 25.5 Å². The number of rotatable bonds is 10. The van der Waals surface area contributed by atoms with Gasteiger partial charge in [-0.05, 0) is 6.07 Å². The van der Waals surface area contributed by atoms with Gasteiger partial charge in [-0.2, -0.15) is 4.98 Å². The zero-order chi connectivity index (χ0) is 30.9. The molecule has 2 fully saturated rings. The van der Waals surface area contributed by atoms with Crippen LogP contribution < -0.4 is 16.7 Å². The molecule has 0 aromatic carbocycles. The maximum atomic E-state index is 13.2. The average Bonchev–Trinajstić information content (AvgIpc) is 3.15. The molecule has 20 nitrogen and oxygen atoms in total. The van der Waals surface area contributed by atoms with Crippen LogP contribution in [0.4, 0.5) is 5.82 Å². The fourth-order valence-corrected chi connectivity index (χ4v) is 4.96. The molecular weight excluding hydrogens is 583 g/mol. The molecule has 0 bridgehead atoms. The number of nitrogens with zero attached hydrogens (tertiary/aromatic N) is 2. The Bertz CT molecular complexity index is 1210. The number of carbonyl (C=O) groups is 2. The van der Waals surface area contributed by atoms with E-state index in [-0.39, 0.29) is 5.82 Å². The number of ether oxygens (including phenoxy) is 3. The lowest BCUT2D eigenvalue weighted by Crippen LogP contribution is -2.68. The van der Waals surface area contributed by atoms with Crippen LogP contribution in [-0.2, 0) is 32.9 Å². The lowest BCUT2D eigenvalue weighted by Gasteiger charge is -2.46.